The molecular formula is C6H10N6OS. The second kappa shape index (κ2) is 3.82. The molecule has 76 valence electrons. The monoisotopic (exact) mass is 214 g/mol. The number of hydrogen-bond donors (Lipinski definition) is 2. The fraction of sp³-hybridized carbons (Fsp3) is 0.667. The van der Waals surface area contributed by atoms with Crippen molar-refractivity contribution in [3.63, 3.8) is 0 Å². The van der Waals surface area contributed by atoms with Gasteiger partial charge >= 0.3 is 0 Å². The van der Waals surface area contributed by atoms with Gasteiger partial charge in [-0.3, -0.25) is 0 Å². The highest BCUT2D eigenvalue weighted by molar-refractivity contribution is 7.99. The molecule has 14 heavy (non-hydrogen) atoms. The van der Waals surface area contributed by atoms with E-state index in [0.717, 1.165) is 18.0 Å². The third-order valence-corrected chi connectivity index (χ3v) is 2.80. The van der Waals surface area contributed by atoms with E-state index in [4.69, 9.17) is 10.9 Å². The minimum Gasteiger partial charge on any atom is -0.409 e. The van der Waals surface area contributed by atoms with Crippen molar-refractivity contribution >= 4 is 17.6 Å². The zero-order valence-corrected chi connectivity index (χ0v) is 8.18. The van der Waals surface area contributed by atoms with Crippen LogP contribution < -0.4 is 5.73 Å². The summed E-state index contributed by atoms with van der Waals surface area (Å²) in [4.78, 5) is 0. The van der Waals surface area contributed by atoms with E-state index < -0.39 is 0 Å². The smallest absolute Gasteiger partial charge is 0.210 e. The standard InChI is InChI=1S/C6H10N6OS/c7-5(9-13)3-14-6-8-10-11-12(6)4-1-2-4/h4,13H,1-3H2,(H2,7,9). The first kappa shape index (κ1) is 9.25. The molecule has 0 saturated heterocycles. The van der Waals surface area contributed by atoms with E-state index in [2.05, 4.69) is 20.7 Å². The maximum absolute atomic E-state index is 8.35. The minimum absolute atomic E-state index is 0.167. The summed E-state index contributed by atoms with van der Waals surface area (Å²) in [7, 11) is 0. The van der Waals surface area contributed by atoms with Gasteiger partial charge in [0.25, 0.3) is 0 Å². The zero-order valence-electron chi connectivity index (χ0n) is 7.37. The van der Waals surface area contributed by atoms with Gasteiger partial charge in [-0.15, -0.1) is 5.10 Å². The van der Waals surface area contributed by atoms with Crippen molar-refractivity contribution < 1.29 is 5.21 Å². The minimum atomic E-state index is 0.167. The molecule has 1 aliphatic carbocycles. The van der Waals surface area contributed by atoms with Gasteiger partial charge in [0.05, 0.1) is 11.8 Å². The molecule has 0 spiro atoms. The van der Waals surface area contributed by atoms with E-state index in [1.165, 1.54) is 11.8 Å². The molecule has 1 fully saturated rings. The number of nitrogens with zero attached hydrogens (tertiary/aromatic N) is 5. The predicted octanol–water partition coefficient (Wildman–Crippen LogP) is -0.154. The van der Waals surface area contributed by atoms with Crippen LogP contribution in [0.2, 0.25) is 0 Å². The lowest BCUT2D eigenvalue weighted by Gasteiger charge is -2.00. The average molecular weight is 214 g/mol. The lowest BCUT2D eigenvalue weighted by molar-refractivity contribution is 0.318. The van der Waals surface area contributed by atoms with Gasteiger partial charge in [-0.2, -0.15) is 0 Å². The lowest BCUT2D eigenvalue weighted by atomic mass is 10.7. The highest BCUT2D eigenvalue weighted by atomic mass is 32.2. The molecule has 0 atom stereocenters. The second-order valence-corrected chi connectivity index (χ2v) is 3.96. The van der Waals surface area contributed by atoms with Crippen molar-refractivity contribution in [2.75, 3.05) is 5.75 Å². The highest BCUT2D eigenvalue weighted by Crippen LogP contribution is 2.36. The Morgan fingerprint density at radius 1 is 1.71 bits per heavy atom. The van der Waals surface area contributed by atoms with E-state index in [9.17, 15) is 0 Å². The SMILES string of the molecule is N/C(CSc1nnnn1C1CC1)=N\O. The third-order valence-electron chi connectivity index (χ3n) is 1.83. The van der Waals surface area contributed by atoms with Crippen LogP contribution in [-0.2, 0) is 0 Å². The van der Waals surface area contributed by atoms with Crippen LogP contribution in [0, 0.1) is 0 Å². The van der Waals surface area contributed by atoms with Crippen LogP contribution >= 0.6 is 11.8 Å². The highest BCUT2D eigenvalue weighted by Gasteiger charge is 2.27. The Morgan fingerprint density at radius 2 is 2.50 bits per heavy atom. The topological polar surface area (TPSA) is 102 Å². The molecule has 1 saturated carbocycles. The van der Waals surface area contributed by atoms with E-state index in [1.807, 2.05) is 0 Å². The molecule has 3 N–H and O–H groups in total. The normalized spacial score (nSPS) is 17.3. The van der Waals surface area contributed by atoms with Gasteiger partial charge in [-0.1, -0.05) is 16.9 Å². The van der Waals surface area contributed by atoms with Gasteiger partial charge in [0.2, 0.25) is 5.16 Å². The van der Waals surface area contributed by atoms with Gasteiger partial charge in [0.15, 0.2) is 0 Å². The molecule has 2 rings (SSSR count). The van der Waals surface area contributed by atoms with Crippen molar-refractivity contribution in [2.45, 2.75) is 24.0 Å². The molecular weight excluding hydrogens is 204 g/mol. The molecule has 0 radical (unpaired) electrons. The number of thioether (sulfide) groups is 1. The first-order valence-electron chi connectivity index (χ1n) is 4.18. The van der Waals surface area contributed by atoms with Crippen LogP contribution in [0.3, 0.4) is 0 Å². The number of rotatable bonds is 4. The van der Waals surface area contributed by atoms with Crippen LogP contribution in [0.4, 0.5) is 0 Å². The molecule has 0 aliphatic heterocycles. The Morgan fingerprint density at radius 3 is 3.14 bits per heavy atom. The van der Waals surface area contributed by atoms with Crippen LogP contribution in [0.15, 0.2) is 10.3 Å². The lowest BCUT2D eigenvalue weighted by Crippen LogP contribution is -2.14. The molecule has 7 nitrogen and oxygen atoms in total. The summed E-state index contributed by atoms with van der Waals surface area (Å²) in [5, 5.41) is 23.3. The van der Waals surface area contributed by atoms with E-state index in [1.54, 1.807) is 4.68 Å². The van der Waals surface area contributed by atoms with E-state index in [-0.39, 0.29) is 5.84 Å². The van der Waals surface area contributed by atoms with Crippen molar-refractivity contribution in [2.24, 2.45) is 10.9 Å². The summed E-state index contributed by atoms with van der Waals surface area (Å²) in [6.45, 7) is 0. The van der Waals surface area contributed by atoms with Crippen LogP contribution in [0.5, 0.6) is 0 Å². The molecule has 0 bridgehead atoms. The Hall–Kier alpha value is -1.31. The molecule has 1 aliphatic rings. The van der Waals surface area contributed by atoms with Crippen LogP contribution in [0.25, 0.3) is 0 Å². The first-order valence-corrected chi connectivity index (χ1v) is 5.17. The molecule has 1 heterocycles. The number of oxime groups is 1. The van der Waals surface area contributed by atoms with Gasteiger partial charge in [0.1, 0.15) is 5.84 Å². The van der Waals surface area contributed by atoms with Crippen LogP contribution in [0.1, 0.15) is 18.9 Å². The first-order chi connectivity index (χ1) is 6.81. The molecule has 0 aromatic carbocycles. The number of hydrogen-bond acceptors (Lipinski definition) is 6. The maximum atomic E-state index is 8.35. The average Bonchev–Trinajstić information content (AvgIpc) is 2.94. The van der Waals surface area contributed by atoms with Crippen molar-refractivity contribution in [3.8, 4) is 0 Å². The maximum Gasteiger partial charge on any atom is 0.210 e. The number of nitrogens with two attached hydrogens (primary N) is 1. The second-order valence-electron chi connectivity index (χ2n) is 3.02. The Labute approximate surface area is 84.3 Å². The van der Waals surface area contributed by atoms with Gasteiger partial charge in [-0.25, -0.2) is 4.68 Å². The molecule has 1 aromatic rings. The van der Waals surface area contributed by atoms with Crippen molar-refractivity contribution in [3.05, 3.63) is 0 Å². The van der Waals surface area contributed by atoms with Gasteiger partial charge < -0.3 is 10.9 Å². The summed E-state index contributed by atoms with van der Waals surface area (Å²) >= 11 is 1.37. The number of aromatic nitrogens is 4. The largest absolute Gasteiger partial charge is 0.409 e. The Kier molecular flexibility index (Phi) is 2.53. The van der Waals surface area contributed by atoms with Gasteiger partial charge in [-0.05, 0) is 23.3 Å². The van der Waals surface area contributed by atoms with Crippen LogP contribution in [-0.4, -0.2) is 37.0 Å². The molecule has 0 unspecified atom stereocenters. The predicted molar refractivity (Wildman–Crippen MR) is 50.2 cm³/mol. The number of amidine groups is 1. The zero-order chi connectivity index (χ0) is 9.97. The molecule has 8 heteroatoms. The summed E-state index contributed by atoms with van der Waals surface area (Å²) < 4.78 is 1.79. The quantitative estimate of drug-likeness (QED) is 0.237. The molecule has 1 aromatic heterocycles. The van der Waals surface area contributed by atoms with Gasteiger partial charge in [0, 0.05) is 0 Å². The Bertz CT molecular complexity index is 346. The van der Waals surface area contributed by atoms with Crippen molar-refractivity contribution in [1.29, 1.82) is 0 Å². The third kappa shape index (κ3) is 1.95. The summed E-state index contributed by atoms with van der Waals surface area (Å²) in [5.74, 6) is 0.559. The summed E-state index contributed by atoms with van der Waals surface area (Å²) in [6, 6.07) is 0.444. The summed E-state index contributed by atoms with van der Waals surface area (Å²) in [6.07, 6.45) is 2.25. The summed E-state index contributed by atoms with van der Waals surface area (Å²) in [5.41, 5.74) is 5.33. The fourth-order valence-corrected chi connectivity index (χ4v) is 1.74. The van der Waals surface area contributed by atoms with E-state index in [0.29, 0.717) is 11.8 Å². The van der Waals surface area contributed by atoms with E-state index >= 15 is 0 Å². The Balaban J connectivity index is 1.98. The fourth-order valence-electron chi connectivity index (χ4n) is 0.996. The van der Waals surface area contributed by atoms with Crippen molar-refractivity contribution in [1.82, 2.24) is 20.2 Å². The number of tetrazole rings is 1. The molecule has 0 amide bonds.